The van der Waals surface area contributed by atoms with Gasteiger partial charge in [-0.3, -0.25) is 10.1 Å². The lowest BCUT2D eigenvalue weighted by Crippen LogP contribution is -2.29. The number of nitrogens with zero attached hydrogens (tertiary/aromatic N) is 1. The van der Waals surface area contributed by atoms with Crippen LogP contribution in [0.2, 0.25) is 5.02 Å². The predicted octanol–water partition coefficient (Wildman–Crippen LogP) is 2.79. The number of hydrogen-bond donors (Lipinski definition) is 1. The van der Waals surface area contributed by atoms with Crippen molar-refractivity contribution in [2.75, 3.05) is 7.05 Å². The molecule has 17 heavy (non-hydrogen) atoms. The molecule has 1 aromatic carbocycles. The molecular formula is C12H15ClN2O2. The maximum absolute atomic E-state index is 10.6. The van der Waals surface area contributed by atoms with Crippen LogP contribution in [0.3, 0.4) is 0 Å². The van der Waals surface area contributed by atoms with Crippen LogP contribution >= 0.6 is 11.6 Å². The third kappa shape index (κ3) is 2.96. The van der Waals surface area contributed by atoms with Gasteiger partial charge in [-0.25, -0.2) is 0 Å². The van der Waals surface area contributed by atoms with Crippen molar-refractivity contribution in [3.8, 4) is 0 Å². The molecule has 0 aromatic heterocycles. The van der Waals surface area contributed by atoms with E-state index >= 15 is 0 Å². The maximum Gasteiger partial charge on any atom is 0.270 e. The lowest BCUT2D eigenvalue weighted by atomic mass is 10.0. The summed E-state index contributed by atoms with van der Waals surface area (Å²) in [5, 5.41) is 14.4. The van der Waals surface area contributed by atoms with Gasteiger partial charge in [-0.05, 0) is 37.8 Å². The summed E-state index contributed by atoms with van der Waals surface area (Å²) < 4.78 is 0. The van der Waals surface area contributed by atoms with Crippen LogP contribution < -0.4 is 5.32 Å². The molecule has 1 saturated carbocycles. The summed E-state index contributed by atoms with van der Waals surface area (Å²) in [6.45, 7) is 0. The first-order valence-electron chi connectivity index (χ1n) is 5.72. The van der Waals surface area contributed by atoms with E-state index < -0.39 is 4.92 Å². The molecule has 1 atom stereocenters. The molecule has 0 heterocycles. The molecule has 1 fully saturated rings. The molecule has 1 unspecified atom stereocenters. The zero-order valence-electron chi connectivity index (χ0n) is 9.65. The van der Waals surface area contributed by atoms with Gasteiger partial charge in [0.2, 0.25) is 0 Å². The molecule has 5 heteroatoms. The zero-order valence-corrected chi connectivity index (χ0v) is 10.4. The Kier molecular flexibility index (Phi) is 3.64. The maximum atomic E-state index is 10.6. The first-order chi connectivity index (χ1) is 8.11. The van der Waals surface area contributed by atoms with Crippen LogP contribution in [0.5, 0.6) is 0 Å². The fraction of sp³-hybridized carbons (Fsp3) is 0.500. The van der Waals surface area contributed by atoms with Gasteiger partial charge >= 0.3 is 0 Å². The third-order valence-electron chi connectivity index (χ3n) is 3.25. The van der Waals surface area contributed by atoms with E-state index in [0.29, 0.717) is 11.1 Å². The van der Waals surface area contributed by atoms with Crippen LogP contribution in [0.1, 0.15) is 18.4 Å². The Labute approximate surface area is 105 Å². The van der Waals surface area contributed by atoms with Crippen LogP contribution in [-0.4, -0.2) is 18.0 Å². The molecular weight excluding hydrogens is 240 g/mol. The van der Waals surface area contributed by atoms with Crippen molar-refractivity contribution in [3.63, 3.8) is 0 Å². The molecule has 1 N–H and O–H groups in total. The Hall–Kier alpha value is -1.13. The van der Waals surface area contributed by atoms with E-state index in [9.17, 15) is 10.1 Å². The van der Waals surface area contributed by atoms with Gasteiger partial charge in [0.05, 0.1) is 9.95 Å². The molecule has 2 rings (SSSR count). The molecule has 0 amide bonds. The topological polar surface area (TPSA) is 55.2 Å². The summed E-state index contributed by atoms with van der Waals surface area (Å²) in [6, 6.07) is 5.12. The largest absolute Gasteiger partial charge is 0.316 e. The SMILES string of the molecule is CNC(Cc1ccc([N+](=O)[O-])cc1Cl)C1CC1. The van der Waals surface area contributed by atoms with Crippen molar-refractivity contribution in [2.45, 2.75) is 25.3 Å². The van der Waals surface area contributed by atoms with Crippen molar-refractivity contribution in [3.05, 3.63) is 38.9 Å². The Balaban J connectivity index is 2.12. The normalized spacial score (nSPS) is 16.8. The fourth-order valence-corrected chi connectivity index (χ4v) is 2.31. The van der Waals surface area contributed by atoms with Gasteiger partial charge in [-0.15, -0.1) is 0 Å². The number of nitrogens with one attached hydrogen (secondary N) is 1. The molecule has 0 spiro atoms. The van der Waals surface area contributed by atoms with Gasteiger partial charge in [-0.1, -0.05) is 17.7 Å². The molecule has 0 bridgehead atoms. The van der Waals surface area contributed by atoms with Gasteiger partial charge in [0.25, 0.3) is 5.69 Å². The summed E-state index contributed by atoms with van der Waals surface area (Å²) in [7, 11) is 1.95. The van der Waals surface area contributed by atoms with Gasteiger partial charge in [0, 0.05) is 18.2 Å². The van der Waals surface area contributed by atoms with E-state index in [1.54, 1.807) is 6.07 Å². The summed E-state index contributed by atoms with van der Waals surface area (Å²) in [5.41, 5.74) is 1.02. The van der Waals surface area contributed by atoms with E-state index in [1.807, 2.05) is 7.05 Å². The number of nitro benzene ring substituents is 1. The molecule has 0 radical (unpaired) electrons. The van der Waals surface area contributed by atoms with Gasteiger partial charge in [0.15, 0.2) is 0 Å². The minimum Gasteiger partial charge on any atom is -0.316 e. The molecule has 4 nitrogen and oxygen atoms in total. The second kappa shape index (κ2) is 5.02. The number of likely N-dealkylation sites (N-methyl/N-ethyl adjacent to an activating group) is 1. The zero-order chi connectivity index (χ0) is 12.4. The first-order valence-corrected chi connectivity index (χ1v) is 6.09. The highest BCUT2D eigenvalue weighted by Crippen LogP contribution is 2.35. The van der Waals surface area contributed by atoms with E-state index in [1.165, 1.54) is 25.0 Å². The second-order valence-corrected chi connectivity index (χ2v) is 4.88. The predicted molar refractivity (Wildman–Crippen MR) is 67.4 cm³/mol. The summed E-state index contributed by atoms with van der Waals surface area (Å²) in [4.78, 5) is 10.2. The van der Waals surface area contributed by atoms with Crippen molar-refractivity contribution in [1.29, 1.82) is 0 Å². The van der Waals surface area contributed by atoms with Gasteiger partial charge in [0.1, 0.15) is 0 Å². The number of hydrogen-bond acceptors (Lipinski definition) is 3. The van der Waals surface area contributed by atoms with E-state index in [4.69, 9.17) is 11.6 Å². The molecule has 1 aromatic rings. The van der Waals surface area contributed by atoms with Gasteiger partial charge < -0.3 is 5.32 Å². The Bertz CT molecular complexity index is 433. The number of nitro groups is 1. The summed E-state index contributed by atoms with van der Waals surface area (Å²) >= 11 is 6.07. The first kappa shape index (κ1) is 12.3. The van der Waals surface area contributed by atoms with Crippen molar-refractivity contribution >= 4 is 17.3 Å². The van der Waals surface area contributed by atoms with Crippen LogP contribution in [-0.2, 0) is 6.42 Å². The quantitative estimate of drug-likeness (QED) is 0.649. The monoisotopic (exact) mass is 254 g/mol. The molecule has 1 aliphatic carbocycles. The Morgan fingerprint density at radius 1 is 1.59 bits per heavy atom. The van der Waals surface area contributed by atoms with E-state index in [-0.39, 0.29) is 5.69 Å². The third-order valence-corrected chi connectivity index (χ3v) is 3.60. The highest BCUT2D eigenvalue weighted by molar-refractivity contribution is 6.31. The second-order valence-electron chi connectivity index (χ2n) is 4.47. The van der Waals surface area contributed by atoms with Crippen LogP contribution in [0, 0.1) is 16.0 Å². The minimum absolute atomic E-state index is 0.0474. The number of non-ortho nitro benzene ring substituents is 1. The number of benzene rings is 1. The van der Waals surface area contributed by atoms with Crippen molar-refractivity contribution in [1.82, 2.24) is 5.32 Å². The fourth-order valence-electron chi connectivity index (χ4n) is 2.06. The van der Waals surface area contributed by atoms with Crippen LogP contribution in [0.4, 0.5) is 5.69 Å². The average molecular weight is 255 g/mol. The lowest BCUT2D eigenvalue weighted by Gasteiger charge is -2.15. The Morgan fingerprint density at radius 3 is 2.76 bits per heavy atom. The van der Waals surface area contributed by atoms with Crippen molar-refractivity contribution in [2.24, 2.45) is 5.92 Å². The summed E-state index contributed by atoms with van der Waals surface area (Å²) in [5.74, 6) is 0.728. The van der Waals surface area contributed by atoms with Gasteiger partial charge in [-0.2, -0.15) is 0 Å². The molecule has 92 valence electrons. The smallest absolute Gasteiger partial charge is 0.270 e. The highest BCUT2D eigenvalue weighted by atomic mass is 35.5. The summed E-state index contributed by atoms with van der Waals surface area (Å²) in [6.07, 6.45) is 3.35. The average Bonchev–Trinajstić information content (AvgIpc) is 3.11. The van der Waals surface area contributed by atoms with Crippen molar-refractivity contribution < 1.29 is 4.92 Å². The lowest BCUT2D eigenvalue weighted by molar-refractivity contribution is -0.384. The molecule has 0 aliphatic heterocycles. The minimum atomic E-state index is -0.425. The molecule has 0 saturated heterocycles. The number of halogens is 1. The molecule has 1 aliphatic rings. The van der Waals surface area contributed by atoms with E-state index in [2.05, 4.69) is 5.32 Å². The Morgan fingerprint density at radius 2 is 2.29 bits per heavy atom. The van der Waals surface area contributed by atoms with Crippen LogP contribution in [0.25, 0.3) is 0 Å². The number of rotatable bonds is 5. The van der Waals surface area contributed by atoms with Crippen LogP contribution in [0.15, 0.2) is 18.2 Å². The standard InChI is InChI=1S/C12H15ClN2O2/c1-14-12(8-2-3-8)6-9-4-5-10(15(16)17)7-11(9)13/h4-5,7-8,12,14H,2-3,6H2,1H3. The van der Waals surface area contributed by atoms with E-state index in [0.717, 1.165) is 17.9 Å². The highest BCUT2D eigenvalue weighted by Gasteiger charge is 2.30.